The van der Waals surface area contributed by atoms with E-state index in [4.69, 9.17) is 4.99 Å². The van der Waals surface area contributed by atoms with E-state index in [1.807, 2.05) is 12.3 Å². The number of nitrogens with one attached hydrogen (secondary N) is 1. The number of rotatable bonds is 7. The first-order chi connectivity index (χ1) is 15.2. The fourth-order valence-electron chi connectivity index (χ4n) is 4.62. The van der Waals surface area contributed by atoms with Crippen LogP contribution in [-0.2, 0) is 6.42 Å². The molecule has 0 spiro atoms. The van der Waals surface area contributed by atoms with Crippen molar-refractivity contribution in [1.29, 1.82) is 0 Å². The number of benzene rings is 1. The minimum atomic E-state index is -0.235. The van der Waals surface area contributed by atoms with Crippen LogP contribution in [0.25, 0.3) is 5.69 Å². The summed E-state index contributed by atoms with van der Waals surface area (Å²) < 4.78 is 14.9. The number of hydrogen-bond acceptors (Lipinski definition) is 3. The second kappa shape index (κ2) is 12.5. The van der Waals surface area contributed by atoms with E-state index in [0.717, 1.165) is 49.3 Å². The lowest BCUT2D eigenvalue weighted by atomic mass is 10.1. The van der Waals surface area contributed by atoms with Crippen LogP contribution in [0, 0.1) is 11.7 Å². The van der Waals surface area contributed by atoms with Crippen LogP contribution in [0.5, 0.6) is 0 Å². The van der Waals surface area contributed by atoms with Gasteiger partial charge in [-0.05, 0) is 75.5 Å². The first-order valence-corrected chi connectivity index (χ1v) is 11.8. The topological polar surface area (TPSA) is 48.7 Å². The number of piperidine rings is 1. The third-order valence-corrected chi connectivity index (χ3v) is 6.25. The van der Waals surface area contributed by atoms with Gasteiger partial charge in [-0.15, -0.1) is 24.0 Å². The summed E-state index contributed by atoms with van der Waals surface area (Å²) in [6.45, 7) is 9.68. The minimum absolute atomic E-state index is 0. The molecule has 2 saturated heterocycles. The summed E-state index contributed by atoms with van der Waals surface area (Å²) in [5, 5.41) is 8.09. The number of likely N-dealkylation sites (tertiary alicyclic amines) is 2. The van der Waals surface area contributed by atoms with Crippen molar-refractivity contribution < 1.29 is 4.39 Å². The highest BCUT2D eigenvalue weighted by molar-refractivity contribution is 14.0. The molecule has 176 valence electrons. The van der Waals surface area contributed by atoms with Crippen molar-refractivity contribution in [2.24, 2.45) is 10.9 Å². The van der Waals surface area contributed by atoms with Gasteiger partial charge in [0, 0.05) is 45.3 Å². The predicted molar refractivity (Wildman–Crippen MR) is 139 cm³/mol. The molecule has 1 aromatic carbocycles. The summed E-state index contributed by atoms with van der Waals surface area (Å²) >= 11 is 0. The maximum atomic E-state index is 13.1. The van der Waals surface area contributed by atoms with Crippen LogP contribution >= 0.6 is 24.0 Å². The number of aromatic nitrogens is 2. The quantitative estimate of drug-likeness (QED) is 0.320. The molecule has 8 heteroatoms. The van der Waals surface area contributed by atoms with Crippen LogP contribution in [0.2, 0.25) is 0 Å². The molecular weight excluding hydrogens is 518 g/mol. The fourth-order valence-corrected chi connectivity index (χ4v) is 4.62. The Balaban J connectivity index is 0.00000289. The van der Waals surface area contributed by atoms with Crippen molar-refractivity contribution in [3.8, 4) is 5.69 Å². The Hall–Kier alpha value is -1.68. The molecule has 3 heterocycles. The van der Waals surface area contributed by atoms with Crippen molar-refractivity contribution in [3.05, 3.63) is 48.0 Å². The lowest BCUT2D eigenvalue weighted by molar-refractivity contribution is 0.198. The number of hydrogen-bond donors (Lipinski definition) is 1. The van der Waals surface area contributed by atoms with Gasteiger partial charge in [0.05, 0.1) is 11.4 Å². The molecule has 2 aliphatic heterocycles. The zero-order valence-electron chi connectivity index (χ0n) is 19.0. The van der Waals surface area contributed by atoms with Gasteiger partial charge in [0.1, 0.15) is 5.82 Å². The molecule has 0 amide bonds. The van der Waals surface area contributed by atoms with E-state index in [-0.39, 0.29) is 29.8 Å². The number of aliphatic imine (C=N–C) groups is 1. The van der Waals surface area contributed by atoms with Gasteiger partial charge in [0.15, 0.2) is 5.96 Å². The van der Waals surface area contributed by atoms with Crippen LogP contribution in [-0.4, -0.2) is 71.4 Å². The molecule has 1 N–H and O–H groups in total. The van der Waals surface area contributed by atoms with E-state index in [0.29, 0.717) is 6.54 Å². The number of halogens is 2. The molecule has 2 aliphatic rings. The highest BCUT2D eigenvalue weighted by atomic mass is 127. The third kappa shape index (κ3) is 6.91. The SMILES string of the molecule is CCNC(=NCCc1ccn(-c2ccc(F)cc2)n1)N1CCC(CN2CCCCC2)C1.I. The number of nitrogens with zero attached hydrogens (tertiary/aromatic N) is 5. The molecule has 0 aliphatic carbocycles. The second-order valence-electron chi connectivity index (χ2n) is 8.68. The zero-order valence-corrected chi connectivity index (χ0v) is 21.4. The van der Waals surface area contributed by atoms with E-state index < -0.39 is 0 Å². The standard InChI is InChI=1S/C24H35FN6.HI/c1-2-26-24(30-16-11-20(19-30)18-29-14-4-3-5-15-29)27-13-10-22-12-17-31(28-22)23-8-6-21(25)7-9-23;/h6-9,12,17,20H,2-5,10-11,13-16,18-19H2,1H3,(H,26,27);1H. The normalized spacial score (nSPS) is 19.8. The molecule has 0 bridgehead atoms. The van der Waals surface area contributed by atoms with E-state index in [9.17, 15) is 4.39 Å². The van der Waals surface area contributed by atoms with Crippen molar-refractivity contribution >= 4 is 29.9 Å². The molecule has 2 fully saturated rings. The fraction of sp³-hybridized carbons (Fsp3) is 0.583. The Morgan fingerprint density at radius 2 is 1.91 bits per heavy atom. The molecule has 4 rings (SSSR count). The zero-order chi connectivity index (χ0) is 21.5. The molecule has 2 aromatic rings. The van der Waals surface area contributed by atoms with Crippen molar-refractivity contribution in [2.75, 3.05) is 45.8 Å². The first-order valence-electron chi connectivity index (χ1n) is 11.8. The Morgan fingerprint density at radius 3 is 2.66 bits per heavy atom. The highest BCUT2D eigenvalue weighted by Crippen LogP contribution is 2.20. The van der Waals surface area contributed by atoms with Gasteiger partial charge in [0.2, 0.25) is 0 Å². The molecule has 1 unspecified atom stereocenters. The Labute approximate surface area is 208 Å². The summed E-state index contributed by atoms with van der Waals surface area (Å²) in [7, 11) is 0. The molecule has 32 heavy (non-hydrogen) atoms. The van der Waals surface area contributed by atoms with Crippen LogP contribution < -0.4 is 5.32 Å². The number of guanidine groups is 1. The maximum absolute atomic E-state index is 13.1. The van der Waals surface area contributed by atoms with Crippen LogP contribution in [0.4, 0.5) is 4.39 Å². The first kappa shape index (κ1) is 25.0. The van der Waals surface area contributed by atoms with E-state index in [1.54, 1.807) is 16.8 Å². The van der Waals surface area contributed by atoms with Crippen LogP contribution in [0.3, 0.4) is 0 Å². The Kier molecular flexibility index (Phi) is 9.77. The van der Waals surface area contributed by atoms with Gasteiger partial charge >= 0.3 is 0 Å². The average Bonchev–Trinajstić information content (AvgIpc) is 3.44. The largest absolute Gasteiger partial charge is 0.357 e. The van der Waals surface area contributed by atoms with Crippen LogP contribution in [0.15, 0.2) is 41.5 Å². The highest BCUT2D eigenvalue weighted by Gasteiger charge is 2.26. The summed E-state index contributed by atoms with van der Waals surface area (Å²) in [6.07, 6.45) is 8.07. The molecule has 0 saturated carbocycles. The summed E-state index contributed by atoms with van der Waals surface area (Å²) in [5.74, 6) is 1.54. The minimum Gasteiger partial charge on any atom is -0.357 e. The summed E-state index contributed by atoms with van der Waals surface area (Å²) in [6, 6.07) is 8.40. The smallest absolute Gasteiger partial charge is 0.193 e. The van der Waals surface area contributed by atoms with Gasteiger partial charge in [-0.2, -0.15) is 5.10 Å². The van der Waals surface area contributed by atoms with Gasteiger partial charge in [-0.25, -0.2) is 9.07 Å². The Morgan fingerprint density at radius 1 is 1.12 bits per heavy atom. The maximum Gasteiger partial charge on any atom is 0.193 e. The molecular formula is C24H36FIN6. The van der Waals surface area contributed by atoms with Gasteiger partial charge in [-0.3, -0.25) is 4.99 Å². The predicted octanol–water partition coefficient (Wildman–Crippen LogP) is 3.95. The lowest BCUT2D eigenvalue weighted by Crippen LogP contribution is -2.41. The van der Waals surface area contributed by atoms with E-state index in [2.05, 4.69) is 27.1 Å². The molecule has 1 aromatic heterocycles. The van der Waals surface area contributed by atoms with Gasteiger partial charge < -0.3 is 15.1 Å². The summed E-state index contributed by atoms with van der Waals surface area (Å²) in [4.78, 5) is 9.96. The molecule has 0 radical (unpaired) electrons. The van der Waals surface area contributed by atoms with Crippen molar-refractivity contribution in [1.82, 2.24) is 24.9 Å². The monoisotopic (exact) mass is 554 g/mol. The van der Waals surface area contributed by atoms with E-state index >= 15 is 0 Å². The molecule has 1 atom stereocenters. The summed E-state index contributed by atoms with van der Waals surface area (Å²) in [5.41, 5.74) is 1.86. The van der Waals surface area contributed by atoms with E-state index in [1.165, 1.54) is 57.5 Å². The van der Waals surface area contributed by atoms with Gasteiger partial charge in [0.25, 0.3) is 0 Å². The van der Waals surface area contributed by atoms with Crippen molar-refractivity contribution in [3.63, 3.8) is 0 Å². The Bertz CT molecular complexity index is 846. The third-order valence-electron chi connectivity index (χ3n) is 6.25. The lowest BCUT2D eigenvalue weighted by Gasteiger charge is -2.29. The van der Waals surface area contributed by atoms with Gasteiger partial charge in [-0.1, -0.05) is 6.42 Å². The van der Waals surface area contributed by atoms with Crippen molar-refractivity contribution in [2.45, 2.75) is 39.0 Å². The molecule has 6 nitrogen and oxygen atoms in total. The second-order valence-corrected chi connectivity index (χ2v) is 8.68. The average molecular weight is 554 g/mol. The van der Waals surface area contributed by atoms with Crippen LogP contribution in [0.1, 0.15) is 38.3 Å².